The Morgan fingerprint density at radius 2 is 1.95 bits per heavy atom. The number of benzene rings is 2. The van der Waals surface area contributed by atoms with Gasteiger partial charge < -0.3 is 25.1 Å². The van der Waals surface area contributed by atoms with Crippen LogP contribution in [-0.4, -0.2) is 94.7 Å². The molecule has 1 fully saturated rings. The number of anilines is 3. The third-order valence-electron chi connectivity index (χ3n) is 6.82. The van der Waals surface area contributed by atoms with Crippen LogP contribution in [0.3, 0.4) is 0 Å². The van der Waals surface area contributed by atoms with Crippen LogP contribution in [0.25, 0.3) is 22.3 Å². The van der Waals surface area contributed by atoms with Gasteiger partial charge in [0.05, 0.1) is 23.0 Å². The number of carbonyl (C=O) groups is 1. The minimum Gasteiger partial charge on any atom is -0.506 e. The summed E-state index contributed by atoms with van der Waals surface area (Å²) in [5, 5.41) is 21.2. The van der Waals surface area contributed by atoms with Gasteiger partial charge >= 0.3 is 0 Å². The molecule has 0 aliphatic carbocycles. The number of likely N-dealkylation sites (N-methyl/N-ethyl adjacent to an activating group) is 2. The first kappa shape index (κ1) is 27.2. The maximum atomic E-state index is 15.2. The lowest BCUT2D eigenvalue weighted by molar-refractivity contribution is -0.114. The van der Waals surface area contributed by atoms with E-state index in [-0.39, 0.29) is 29.5 Å². The summed E-state index contributed by atoms with van der Waals surface area (Å²) in [5.74, 6) is -0.0881. The van der Waals surface area contributed by atoms with E-state index in [9.17, 15) is 9.90 Å². The number of rotatable bonds is 9. The predicted molar refractivity (Wildman–Crippen MR) is 155 cm³/mol. The molecule has 0 radical (unpaired) electrons. The first-order valence-electron chi connectivity index (χ1n) is 13.1. The topological polar surface area (TPSA) is 114 Å². The van der Waals surface area contributed by atoms with Crippen LogP contribution in [0.2, 0.25) is 0 Å². The Labute approximate surface area is 232 Å². The Kier molecular flexibility index (Phi) is 8.04. The van der Waals surface area contributed by atoms with Gasteiger partial charge in [-0.15, -0.1) is 0 Å². The first-order chi connectivity index (χ1) is 19.3. The molecule has 0 amide bonds. The maximum Gasteiger partial charge on any atom is 0.229 e. The number of phenols is 1. The first-order valence-corrected chi connectivity index (χ1v) is 13.1. The minimum absolute atomic E-state index is 0.0682. The number of fused-ring (bicyclic) bond motifs is 1. The SMILES string of the molecule is CN(C)C/C=C/C(=O)Cc1ccc(F)c(-c2nc(Nc3ccc(O)c(N4CCN(C)CC4)c3)nc3[nH]ncc23)c1. The van der Waals surface area contributed by atoms with Crippen LogP contribution in [0.5, 0.6) is 5.75 Å². The number of phenolic OH excluding ortho intramolecular Hbond substituents is 1. The van der Waals surface area contributed by atoms with E-state index in [0.717, 1.165) is 31.9 Å². The Bertz CT molecular complexity index is 1540. The largest absolute Gasteiger partial charge is 0.506 e. The van der Waals surface area contributed by atoms with Gasteiger partial charge in [0.1, 0.15) is 11.6 Å². The van der Waals surface area contributed by atoms with Crippen molar-refractivity contribution >= 4 is 34.1 Å². The number of nitrogens with zero attached hydrogens (tertiary/aromatic N) is 6. The lowest BCUT2D eigenvalue weighted by Crippen LogP contribution is -2.44. The summed E-state index contributed by atoms with van der Waals surface area (Å²) < 4.78 is 15.2. The molecule has 1 aliphatic rings. The molecule has 208 valence electrons. The molecule has 3 heterocycles. The zero-order valence-electron chi connectivity index (χ0n) is 22.9. The monoisotopic (exact) mass is 544 g/mol. The minimum atomic E-state index is -0.464. The fraction of sp³-hybridized carbons (Fsp3) is 0.310. The van der Waals surface area contributed by atoms with Gasteiger partial charge in [-0.1, -0.05) is 12.1 Å². The van der Waals surface area contributed by atoms with Crippen LogP contribution in [-0.2, 0) is 11.2 Å². The molecule has 2 aromatic carbocycles. The number of hydrogen-bond acceptors (Lipinski definition) is 9. The van der Waals surface area contributed by atoms with Gasteiger partial charge in [0.25, 0.3) is 0 Å². The van der Waals surface area contributed by atoms with Crippen molar-refractivity contribution in [2.75, 3.05) is 64.1 Å². The molecule has 0 saturated carbocycles. The van der Waals surface area contributed by atoms with Gasteiger partial charge in [-0.05, 0) is 63.1 Å². The average molecular weight is 545 g/mol. The Morgan fingerprint density at radius 1 is 1.15 bits per heavy atom. The maximum absolute atomic E-state index is 15.2. The summed E-state index contributed by atoms with van der Waals surface area (Å²) in [7, 11) is 5.93. The zero-order chi connectivity index (χ0) is 28.2. The van der Waals surface area contributed by atoms with Gasteiger partial charge in [0.15, 0.2) is 11.4 Å². The predicted octanol–water partition coefficient (Wildman–Crippen LogP) is 3.59. The van der Waals surface area contributed by atoms with E-state index in [1.807, 2.05) is 31.1 Å². The van der Waals surface area contributed by atoms with Gasteiger partial charge in [0, 0.05) is 50.4 Å². The lowest BCUT2D eigenvalue weighted by atomic mass is 10.0. The Balaban J connectivity index is 1.44. The highest BCUT2D eigenvalue weighted by atomic mass is 19.1. The number of ketones is 1. The van der Waals surface area contributed by atoms with Crippen molar-refractivity contribution in [1.29, 1.82) is 0 Å². The second-order valence-electron chi connectivity index (χ2n) is 10.3. The highest BCUT2D eigenvalue weighted by Crippen LogP contribution is 2.33. The number of nitrogens with one attached hydrogen (secondary N) is 2. The second-order valence-corrected chi connectivity index (χ2v) is 10.3. The molecule has 0 spiro atoms. The van der Waals surface area contributed by atoms with E-state index in [2.05, 4.69) is 42.3 Å². The molecule has 1 saturated heterocycles. The molecule has 0 bridgehead atoms. The Hall–Kier alpha value is -4.35. The van der Waals surface area contributed by atoms with Crippen LogP contribution in [0.1, 0.15) is 5.56 Å². The molecule has 2 aromatic heterocycles. The van der Waals surface area contributed by atoms with E-state index in [1.165, 1.54) is 6.07 Å². The summed E-state index contributed by atoms with van der Waals surface area (Å²) in [5.41, 5.74) is 3.14. The normalized spacial score (nSPS) is 14.5. The highest BCUT2D eigenvalue weighted by molar-refractivity contribution is 5.93. The molecular formula is C29H33FN8O2. The van der Waals surface area contributed by atoms with Crippen molar-refractivity contribution in [3.63, 3.8) is 0 Å². The van der Waals surface area contributed by atoms with Gasteiger partial charge in [-0.25, -0.2) is 9.37 Å². The summed E-state index contributed by atoms with van der Waals surface area (Å²) in [6.45, 7) is 4.08. The quantitative estimate of drug-likeness (QED) is 0.215. The summed E-state index contributed by atoms with van der Waals surface area (Å²) in [6.07, 6.45) is 5.06. The average Bonchev–Trinajstić information content (AvgIpc) is 3.40. The van der Waals surface area contributed by atoms with Gasteiger partial charge in [-0.2, -0.15) is 10.1 Å². The zero-order valence-corrected chi connectivity index (χ0v) is 22.9. The number of piperazine rings is 1. The summed E-state index contributed by atoms with van der Waals surface area (Å²) >= 11 is 0. The molecule has 40 heavy (non-hydrogen) atoms. The van der Waals surface area contributed by atoms with E-state index in [4.69, 9.17) is 0 Å². The Morgan fingerprint density at radius 3 is 2.73 bits per heavy atom. The molecule has 3 N–H and O–H groups in total. The van der Waals surface area contributed by atoms with Crippen molar-refractivity contribution in [2.24, 2.45) is 0 Å². The van der Waals surface area contributed by atoms with Crippen LogP contribution >= 0.6 is 0 Å². The van der Waals surface area contributed by atoms with E-state index >= 15 is 4.39 Å². The van der Waals surface area contributed by atoms with Crippen LogP contribution in [0.15, 0.2) is 54.7 Å². The number of aromatic nitrogens is 4. The van der Waals surface area contributed by atoms with Crippen LogP contribution in [0, 0.1) is 5.82 Å². The summed E-state index contributed by atoms with van der Waals surface area (Å²) in [4.78, 5) is 28.0. The molecule has 10 nitrogen and oxygen atoms in total. The molecule has 5 rings (SSSR count). The van der Waals surface area contributed by atoms with E-state index in [1.54, 1.807) is 36.5 Å². The smallest absolute Gasteiger partial charge is 0.229 e. The number of halogens is 1. The van der Waals surface area contributed by atoms with E-state index < -0.39 is 5.82 Å². The fourth-order valence-corrected chi connectivity index (χ4v) is 4.65. The number of aromatic amines is 1. The van der Waals surface area contributed by atoms with Crippen molar-refractivity contribution in [2.45, 2.75) is 6.42 Å². The van der Waals surface area contributed by atoms with E-state index in [0.29, 0.717) is 34.5 Å². The number of hydrogen-bond donors (Lipinski definition) is 3. The van der Waals surface area contributed by atoms with Crippen molar-refractivity contribution in [3.05, 3.63) is 66.1 Å². The third kappa shape index (κ3) is 6.27. The number of H-pyrrole nitrogens is 1. The summed E-state index contributed by atoms with van der Waals surface area (Å²) in [6, 6.07) is 9.85. The number of carbonyl (C=O) groups excluding carboxylic acids is 1. The molecule has 11 heteroatoms. The van der Waals surface area contributed by atoms with Gasteiger partial charge in [-0.3, -0.25) is 9.89 Å². The van der Waals surface area contributed by atoms with Crippen molar-refractivity contribution < 1.29 is 14.3 Å². The molecule has 0 atom stereocenters. The van der Waals surface area contributed by atoms with Crippen molar-refractivity contribution in [1.82, 2.24) is 30.0 Å². The lowest BCUT2D eigenvalue weighted by Gasteiger charge is -2.34. The van der Waals surface area contributed by atoms with Crippen LogP contribution in [0.4, 0.5) is 21.7 Å². The number of aromatic hydroxyl groups is 1. The standard InChI is InChI=1S/C29H33FN8O2/c1-36(2)10-4-5-21(39)15-19-6-8-24(30)22(16-19)27-23-18-31-35-28(23)34-29(33-27)32-20-7-9-26(40)25(17-20)38-13-11-37(3)12-14-38/h4-9,16-18,40H,10-15H2,1-3H3,(H2,31,32,33,34,35)/b5-4+. The second kappa shape index (κ2) is 11.8. The van der Waals surface area contributed by atoms with Crippen LogP contribution < -0.4 is 10.2 Å². The molecule has 0 unspecified atom stereocenters. The molecule has 4 aromatic rings. The van der Waals surface area contributed by atoms with Crippen molar-refractivity contribution in [3.8, 4) is 17.0 Å². The number of allylic oxidation sites excluding steroid dienone is 1. The fourth-order valence-electron chi connectivity index (χ4n) is 4.65. The molecule has 1 aliphatic heterocycles. The van der Waals surface area contributed by atoms with Gasteiger partial charge in [0.2, 0.25) is 5.95 Å². The third-order valence-corrected chi connectivity index (χ3v) is 6.82. The highest BCUT2D eigenvalue weighted by Gasteiger charge is 2.19. The molecular weight excluding hydrogens is 511 g/mol.